The first kappa shape index (κ1) is 24.8. The van der Waals surface area contributed by atoms with Crippen LogP contribution < -0.4 is 4.74 Å². The zero-order valence-corrected chi connectivity index (χ0v) is 21.6. The van der Waals surface area contributed by atoms with E-state index in [0.717, 1.165) is 38.9 Å². The van der Waals surface area contributed by atoms with Crippen molar-refractivity contribution in [3.05, 3.63) is 87.7 Å². The van der Waals surface area contributed by atoms with E-state index >= 15 is 0 Å². The molecule has 184 valence electrons. The maximum absolute atomic E-state index is 14.7. The van der Waals surface area contributed by atoms with Crippen LogP contribution in [0.25, 0.3) is 11.1 Å². The summed E-state index contributed by atoms with van der Waals surface area (Å²) in [4.78, 5) is 14.8. The molecule has 0 unspecified atom stereocenters. The highest BCUT2D eigenvalue weighted by molar-refractivity contribution is 5.76. The Kier molecular flexibility index (Phi) is 6.88. The standard InChI is InChI=1S/C30H34FNO3/c1-17(2)25-14-26(28(34-7)15-27(25)31)24-9-8-18(3)11-23(24)16-32-21(6)29(35-30(32)33)22-12-19(4)10-20(5)13-22/h8-15,17,21,29H,16H2,1-7H3/t21-,29-/m0/s1. The van der Waals surface area contributed by atoms with Gasteiger partial charge in [-0.05, 0) is 61.9 Å². The Morgan fingerprint density at radius 3 is 2.29 bits per heavy atom. The number of rotatable bonds is 6. The van der Waals surface area contributed by atoms with E-state index in [9.17, 15) is 9.18 Å². The Morgan fingerprint density at radius 2 is 1.66 bits per heavy atom. The summed E-state index contributed by atoms with van der Waals surface area (Å²) < 4.78 is 26.1. The van der Waals surface area contributed by atoms with E-state index in [1.807, 2.05) is 45.9 Å². The van der Waals surface area contributed by atoms with Crippen molar-refractivity contribution in [3.63, 3.8) is 0 Å². The van der Waals surface area contributed by atoms with Crippen LogP contribution in [-0.4, -0.2) is 24.1 Å². The minimum atomic E-state index is -0.331. The number of carbonyl (C=O) groups is 1. The van der Waals surface area contributed by atoms with Crippen LogP contribution in [0, 0.1) is 26.6 Å². The van der Waals surface area contributed by atoms with Gasteiger partial charge < -0.3 is 9.47 Å². The highest BCUT2D eigenvalue weighted by atomic mass is 19.1. The number of cyclic esters (lactones) is 1. The fourth-order valence-corrected chi connectivity index (χ4v) is 5.03. The van der Waals surface area contributed by atoms with Crippen molar-refractivity contribution >= 4 is 6.09 Å². The van der Waals surface area contributed by atoms with Gasteiger partial charge in [-0.25, -0.2) is 9.18 Å². The average Bonchev–Trinajstić information content (AvgIpc) is 3.07. The molecule has 1 heterocycles. The molecule has 0 saturated carbocycles. The maximum atomic E-state index is 14.7. The molecule has 1 aliphatic heterocycles. The second-order valence-electron chi connectivity index (χ2n) is 9.98. The minimum Gasteiger partial charge on any atom is -0.496 e. The quantitative estimate of drug-likeness (QED) is 0.368. The van der Waals surface area contributed by atoms with E-state index in [1.54, 1.807) is 12.0 Å². The molecule has 1 fully saturated rings. The van der Waals surface area contributed by atoms with Gasteiger partial charge >= 0.3 is 6.09 Å². The van der Waals surface area contributed by atoms with Crippen LogP contribution in [0.15, 0.2) is 48.5 Å². The number of carbonyl (C=O) groups excluding carboxylic acids is 1. The molecule has 4 nitrogen and oxygen atoms in total. The summed E-state index contributed by atoms with van der Waals surface area (Å²) in [6, 6.07) is 15.6. The van der Waals surface area contributed by atoms with Crippen molar-refractivity contribution in [2.75, 3.05) is 7.11 Å². The average molecular weight is 476 g/mol. The van der Waals surface area contributed by atoms with Crippen molar-refractivity contribution in [2.45, 2.75) is 66.2 Å². The minimum absolute atomic E-state index is 0.0284. The molecular weight excluding hydrogens is 441 g/mol. The lowest BCUT2D eigenvalue weighted by molar-refractivity contribution is 0.130. The van der Waals surface area contributed by atoms with E-state index in [1.165, 1.54) is 6.07 Å². The van der Waals surface area contributed by atoms with E-state index < -0.39 is 0 Å². The Morgan fingerprint density at radius 1 is 0.971 bits per heavy atom. The summed E-state index contributed by atoms with van der Waals surface area (Å²) in [5.41, 5.74) is 7.73. The Balaban J connectivity index is 1.73. The third kappa shape index (κ3) is 4.90. The van der Waals surface area contributed by atoms with Crippen LogP contribution in [-0.2, 0) is 11.3 Å². The van der Waals surface area contributed by atoms with Gasteiger partial charge in [-0.2, -0.15) is 0 Å². The van der Waals surface area contributed by atoms with Gasteiger partial charge in [0.15, 0.2) is 0 Å². The molecule has 0 aromatic heterocycles. The van der Waals surface area contributed by atoms with Gasteiger partial charge in [0, 0.05) is 11.6 Å². The summed E-state index contributed by atoms with van der Waals surface area (Å²) in [6.45, 7) is 12.5. The smallest absolute Gasteiger partial charge is 0.411 e. The van der Waals surface area contributed by atoms with Gasteiger partial charge in [-0.3, -0.25) is 4.90 Å². The molecule has 0 bridgehead atoms. The van der Waals surface area contributed by atoms with E-state index in [-0.39, 0.29) is 30.0 Å². The largest absolute Gasteiger partial charge is 0.496 e. The van der Waals surface area contributed by atoms with Crippen LogP contribution in [0.5, 0.6) is 5.75 Å². The second-order valence-corrected chi connectivity index (χ2v) is 9.98. The van der Waals surface area contributed by atoms with Crippen LogP contribution >= 0.6 is 0 Å². The molecule has 0 radical (unpaired) electrons. The molecule has 1 aliphatic rings. The summed E-state index contributed by atoms with van der Waals surface area (Å²) in [5, 5.41) is 0. The fourth-order valence-electron chi connectivity index (χ4n) is 5.03. The lowest BCUT2D eigenvalue weighted by atomic mass is 9.92. The molecule has 3 aromatic rings. The van der Waals surface area contributed by atoms with E-state index in [2.05, 4.69) is 38.1 Å². The van der Waals surface area contributed by atoms with Crippen molar-refractivity contribution in [3.8, 4) is 16.9 Å². The zero-order chi connectivity index (χ0) is 25.4. The zero-order valence-electron chi connectivity index (χ0n) is 21.6. The van der Waals surface area contributed by atoms with Crippen molar-refractivity contribution in [1.29, 1.82) is 0 Å². The first-order chi connectivity index (χ1) is 16.6. The molecule has 3 aromatic carbocycles. The Hall–Kier alpha value is -3.34. The van der Waals surface area contributed by atoms with Gasteiger partial charge in [0.1, 0.15) is 17.7 Å². The molecule has 35 heavy (non-hydrogen) atoms. The molecule has 0 spiro atoms. The Labute approximate surface area is 207 Å². The SMILES string of the molecule is COc1cc(F)c(C(C)C)cc1-c1ccc(C)cc1CN1C(=O)O[C@H](c2cc(C)cc(C)c2)[C@@H]1C. The van der Waals surface area contributed by atoms with Gasteiger partial charge in [0.25, 0.3) is 0 Å². The molecule has 2 atom stereocenters. The fraction of sp³-hybridized carbons (Fsp3) is 0.367. The number of aryl methyl sites for hydroxylation is 3. The number of hydrogen-bond acceptors (Lipinski definition) is 3. The summed E-state index contributed by atoms with van der Waals surface area (Å²) in [7, 11) is 1.55. The molecule has 0 N–H and O–H groups in total. The topological polar surface area (TPSA) is 38.8 Å². The second kappa shape index (κ2) is 9.73. The monoisotopic (exact) mass is 475 g/mol. The van der Waals surface area contributed by atoms with Gasteiger partial charge in [0.05, 0.1) is 19.7 Å². The summed E-state index contributed by atoms with van der Waals surface area (Å²) in [6.07, 6.45) is -0.662. The number of ether oxygens (including phenoxy) is 2. The molecule has 0 aliphatic carbocycles. The summed E-state index contributed by atoms with van der Waals surface area (Å²) >= 11 is 0. The first-order valence-corrected chi connectivity index (χ1v) is 12.1. The number of nitrogens with zero attached hydrogens (tertiary/aromatic N) is 1. The highest BCUT2D eigenvalue weighted by Crippen LogP contribution is 2.39. The molecule has 1 saturated heterocycles. The number of hydrogen-bond donors (Lipinski definition) is 0. The maximum Gasteiger partial charge on any atom is 0.411 e. The van der Waals surface area contributed by atoms with Crippen molar-refractivity contribution in [2.24, 2.45) is 0 Å². The predicted octanol–water partition coefficient (Wildman–Crippen LogP) is 7.63. The number of benzene rings is 3. The van der Waals surface area contributed by atoms with E-state index in [0.29, 0.717) is 17.9 Å². The lowest BCUT2D eigenvalue weighted by Gasteiger charge is -2.24. The molecule has 4 rings (SSSR count). The number of halogens is 1. The van der Waals surface area contributed by atoms with Gasteiger partial charge in [-0.1, -0.05) is 66.9 Å². The van der Waals surface area contributed by atoms with Gasteiger partial charge in [0.2, 0.25) is 0 Å². The third-order valence-corrected chi connectivity index (χ3v) is 6.80. The first-order valence-electron chi connectivity index (χ1n) is 12.1. The Bertz CT molecular complexity index is 1250. The normalized spacial score (nSPS) is 17.7. The third-order valence-electron chi connectivity index (χ3n) is 6.80. The number of amides is 1. The van der Waals surface area contributed by atoms with Crippen LogP contribution in [0.3, 0.4) is 0 Å². The highest BCUT2D eigenvalue weighted by Gasteiger charge is 2.40. The van der Waals surface area contributed by atoms with Crippen molar-refractivity contribution in [1.82, 2.24) is 4.90 Å². The van der Waals surface area contributed by atoms with Crippen LogP contribution in [0.4, 0.5) is 9.18 Å². The predicted molar refractivity (Wildman–Crippen MR) is 137 cm³/mol. The van der Waals surface area contributed by atoms with Crippen molar-refractivity contribution < 1.29 is 18.7 Å². The molecule has 5 heteroatoms. The lowest BCUT2D eigenvalue weighted by Crippen LogP contribution is -2.31. The van der Waals surface area contributed by atoms with Crippen LogP contribution in [0.1, 0.15) is 66.2 Å². The van der Waals surface area contributed by atoms with Crippen LogP contribution in [0.2, 0.25) is 0 Å². The van der Waals surface area contributed by atoms with Gasteiger partial charge in [-0.15, -0.1) is 0 Å². The molecule has 1 amide bonds. The number of methoxy groups -OCH3 is 1. The molecular formula is C30H34FNO3. The van der Waals surface area contributed by atoms with E-state index in [4.69, 9.17) is 9.47 Å². The summed E-state index contributed by atoms with van der Waals surface area (Å²) in [5.74, 6) is 0.227.